The van der Waals surface area contributed by atoms with E-state index < -0.39 is 6.36 Å². The van der Waals surface area contributed by atoms with Gasteiger partial charge < -0.3 is 10.1 Å². The van der Waals surface area contributed by atoms with Gasteiger partial charge in [-0.05, 0) is 63.8 Å². The Hall–Kier alpha value is -3.60. The molecular weight excluding hydrogens is 495 g/mol. The summed E-state index contributed by atoms with van der Waals surface area (Å²) in [6, 6.07) is 7.47. The first-order valence-corrected chi connectivity index (χ1v) is 11.7. The van der Waals surface area contributed by atoms with Gasteiger partial charge in [0.1, 0.15) is 23.7 Å². The number of aromatic nitrogens is 6. The van der Waals surface area contributed by atoms with E-state index in [1.807, 2.05) is 25.5 Å². The lowest BCUT2D eigenvalue weighted by Crippen LogP contribution is -2.16. The summed E-state index contributed by atoms with van der Waals surface area (Å²) < 4.78 is 45.1. The van der Waals surface area contributed by atoms with Gasteiger partial charge in [0.25, 0.3) is 0 Å². The van der Waals surface area contributed by atoms with Crippen LogP contribution in [0, 0.1) is 26.7 Å². The molecule has 0 spiro atoms. The summed E-state index contributed by atoms with van der Waals surface area (Å²) in [5.74, 6) is 2.12. The number of ether oxygens (including phenoxy) is 1. The molecule has 3 heterocycles. The molecule has 0 atom stereocenters. The summed E-state index contributed by atoms with van der Waals surface area (Å²) in [5.41, 5.74) is 3.66. The topological polar surface area (TPSA) is 82.7 Å². The van der Waals surface area contributed by atoms with E-state index in [4.69, 9.17) is 16.7 Å². The maximum atomic E-state index is 12.5. The third kappa shape index (κ3) is 5.01. The number of nitrogens with one attached hydrogen (secondary N) is 1. The van der Waals surface area contributed by atoms with Crippen LogP contribution < -0.4 is 10.1 Å². The fourth-order valence-electron chi connectivity index (χ4n) is 3.97. The number of benzene rings is 1. The molecule has 188 valence electrons. The lowest BCUT2D eigenvalue weighted by atomic mass is 10.1. The zero-order valence-corrected chi connectivity index (χ0v) is 20.5. The average Bonchev–Trinajstić information content (AvgIpc) is 3.55. The van der Waals surface area contributed by atoms with E-state index in [1.165, 1.54) is 18.5 Å². The molecule has 0 unspecified atom stereocenters. The van der Waals surface area contributed by atoms with Gasteiger partial charge in [-0.1, -0.05) is 11.6 Å². The SMILES string of the molecule is Cc1nn(-c2cc(Nc3c(C)c(-c4ccc(OC(F)(F)F)cc4)nn3CC3CC3)ncn2)c(C)c1Cl. The van der Waals surface area contributed by atoms with Gasteiger partial charge in [0.05, 0.1) is 22.1 Å². The Labute approximate surface area is 210 Å². The van der Waals surface area contributed by atoms with E-state index in [1.54, 1.807) is 22.9 Å². The Morgan fingerprint density at radius 1 is 1.08 bits per heavy atom. The fourth-order valence-corrected chi connectivity index (χ4v) is 4.09. The molecule has 1 N–H and O–H groups in total. The van der Waals surface area contributed by atoms with Crippen molar-refractivity contribution in [2.45, 2.75) is 46.5 Å². The van der Waals surface area contributed by atoms with Gasteiger partial charge in [0, 0.05) is 23.7 Å². The van der Waals surface area contributed by atoms with Crippen molar-refractivity contribution < 1.29 is 17.9 Å². The minimum atomic E-state index is -4.74. The Bertz CT molecular complexity index is 1410. The van der Waals surface area contributed by atoms with E-state index in [9.17, 15) is 13.2 Å². The lowest BCUT2D eigenvalue weighted by molar-refractivity contribution is -0.274. The first-order valence-electron chi connectivity index (χ1n) is 11.3. The molecule has 1 aliphatic carbocycles. The summed E-state index contributed by atoms with van der Waals surface area (Å²) >= 11 is 6.30. The van der Waals surface area contributed by atoms with E-state index in [0.717, 1.165) is 36.5 Å². The third-order valence-electron chi connectivity index (χ3n) is 6.00. The van der Waals surface area contributed by atoms with Crippen molar-refractivity contribution in [1.29, 1.82) is 0 Å². The highest BCUT2D eigenvalue weighted by Crippen LogP contribution is 2.36. The Balaban J connectivity index is 1.47. The average molecular weight is 518 g/mol. The van der Waals surface area contributed by atoms with E-state index in [0.29, 0.717) is 39.5 Å². The first-order chi connectivity index (χ1) is 17.1. The summed E-state index contributed by atoms with van der Waals surface area (Å²) in [4.78, 5) is 8.70. The van der Waals surface area contributed by atoms with Crippen LogP contribution in [0.3, 0.4) is 0 Å². The molecule has 1 aliphatic rings. The number of nitrogens with zero attached hydrogens (tertiary/aromatic N) is 6. The predicted molar refractivity (Wildman–Crippen MR) is 129 cm³/mol. The summed E-state index contributed by atoms with van der Waals surface area (Å²) in [6.07, 6.45) is -1.03. The number of halogens is 4. The van der Waals surface area contributed by atoms with Gasteiger partial charge >= 0.3 is 6.36 Å². The Morgan fingerprint density at radius 3 is 2.42 bits per heavy atom. The van der Waals surface area contributed by atoms with Gasteiger partial charge in [0.15, 0.2) is 5.82 Å². The monoisotopic (exact) mass is 517 g/mol. The number of rotatable bonds is 7. The third-order valence-corrected chi connectivity index (χ3v) is 6.54. The van der Waals surface area contributed by atoms with Gasteiger partial charge in [-0.2, -0.15) is 10.2 Å². The zero-order chi connectivity index (χ0) is 25.6. The first kappa shape index (κ1) is 24.1. The number of aryl methyl sites for hydroxylation is 1. The van der Waals surface area contributed by atoms with Crippen LogP contribution in [-0.4, -0.2) is 35.9 Å². The second-order valence-electron chi connectivity index (χ2n) is 8.80. The normalized spacial score (nSPS) is 13.8. The van der Waals surface area contributed by atoms with Crippen molar-refractivity contribution in [2.75, 3.05) is 5.32 Å². The maximum absolute atomic E-state index is 12.5. The van der Waals surface area contributed by atoms with Crippen molar-refractivity contribution in [2.24, 2.45) is 5.92 Å². The quantitative estimate of drug-likeness (QED) is 0.316. The van der Waals surface area contributed by atoms with Crippen LogP contribution in [0.1, 0.15) is 29.8 Å². The van der Waals surface area contributed by atoms with Gasteiger partial charge in [-0.25, -0.2) is 19.3 Å². The molecule has 1 saturated carbocycles. The zero-order valence-electron chi connectivity index (χ0n) is 19.8. The highest BCUT2D eigenvalue weighted by Gasteiger charge is 2.31. The number of anilines is 2. The van der Waals surface area contributed by atoms with Crippen LogP contribution >= 0.6 is 11.6 Å². The molecule has 36 heavy (non-hydrogen) atoms. The van der Waals surface area contributed by atoms with Crippen LogP contribution in [0.4, 0.5) is 24.8 Å². The summed E-state index contributed by atoms with van der Waals surface area (Å²) in [7, 11) is 0. The molecule has 4 aromatic rings. The second kappa shape index (κ2) is 9.12. The van der Waals surface area contributed by atoms with Crippen molar-refractivity contribution in [1.82, 2.24) is 29.5 Å². The number of hydrogen-bond acceptors (Lipinski definition) is 6. The molecular formula is C24H23ClF3N7O. The molecule has 0 saturated heterocycles. The molecule has 0 bridgehead atoms. The molecule has 5 rings (SSSR count). The molecule has 1 fully saturated rings. The number of hydrogen-bond donors (Lipinski definition) is 1. The van der Waals surface area contributed by atoms with Gasteiger partial charge in [-0.15, -0.1) is 13.2 Å². The van der Waals surface area contributed by atoms with E-state index >= 15 is 0 Å². The largest absolute Gasteiger partial charge is 0.573 e. The number of alkyl halides is 3. The maximum Gasteiger partial charge on any atom is 0.573 e. The Kier molecular flexibility index (Phi) is 6.11. The van der Waals surface area contributed by atoms with Gasteiger partial charge in [-0.3, -0.25) is 0 Å². The van der Waals surface area contributed by atoms with Crippen LogP contribution in [0.15, 0.2) is 36.7 Å². The van der Waals surface area contributed by atoms with Crippen molar-refractivity contribution in [3.05, 3.63) is 58.6 Å². The predicted octanol–water partition coefficient (Wildman–Crippen LogP) is 6.16. The van der Waals surface area contributed by atoms with Crippen LogP contribution in [0.2, 0.25) is 5.02 Å². The summed E-state index contributed by atoms with van der Waals surface area (Å²) in [6.45, 7) is 6.33. The summed E-state index contributed by atoms with van der Waals surface area (Å²) in [5, 5.41) is 13.2. The Morgan fingerprint density at radius 2 is 1.81 bits per heavy atom. The molecule has 8 nitrogen and oxygen atoms in total. The van der Waals surface area contributed by atoms with Gasteiger partial charge in [0.2, 0.25) is 0 Å². The van der Waals surface area contributed by atoms with Crippen molar-refractivity contribution in [3.63, 3.8) is 0 Å². The van der Waals surface area contributed by atoms with Crippen molar-refractivity contribution in [3.8, 4) is 22.8 Å². The molecule has 0 radical (unpaired) electrons. The molecule has 3 aromatic heterocycles. The molecule has 12 heteroatoms. The minimum absolute atomic E-state index is 0.280. The molecule has 0 amide bonds. The lowest BCUT2D eigenvalue weighted by Gasteiger charge is -2.11. The standard InChI is InChI=1S/C24H23ClF3N7O/c1-13-22(17-6-8-18(9-7-17)36-24(26,27)28)33-34(11-16-4-5-16)23(13)31-19-10-20(30-12-29-19)35-15(3)21(25)14(2)32-35/h6-10,12,16H,4-5,11H2,1-3H3,(H,29,30,31). The fraction of sp³-hybridized carbons (Fsp3) is 0.333. The molecule has 0 aliphatic heterocycles. The van der Waals surface area contributed by atoms with Crippen LogP contribution in [-0.2, 0) is 6.54 Å². The second-order valence-corrected chi connectivity index (χ2v) is 9.18. The smallest absolute Gasteiger partial charge is 0.406 e. The molecule has 1 aromatic carbocycles. The highest BCUT2D eigenvalue weighted by molar-refractivity contribution is 6.31. The highest BCUT2D eigenvalue weighted by atomic mass is 35.5. The van der Waals surface area contributed by atoms with E-state index in [-0.39, 0.29) is 5.75 Å². The van der Waals surface area contributed by atoms with E-state index in [2.05, 4.69) is 25.1 Å². The van der Waals surface area contributed by atoms with Crippen LogP contribution in [0.5, 0.6) is 5.75 Å². The minimum Gasteiger partial charge on any atom is -0.406 e. The van der Waals surface area contributed by atoms with Crippen molar-refractivity contribution >= 4 is 23.2 Å². The van der Waals surface area contributed by atoms with Crippen LogP contribution in [0.25, 0.3) is 17.1 Å².